The molecule has 126 valence electrons. The Kier molecular flexibility index (Phi) is 4.50. The van der Waals surface area contributed by atoms with Gasteiger partial charge in [0.25, 0.3) is 0 Å². The number of hydrogen-bond acceptors (Lipinski definition) is 2. The number of hydrogen-bond donors (Lipinski definition) is 1. The summed E-state index contributed by atoms with van der Waals surface area (Å²) in [7, 11) is 0. The van der Waals surface area contributed by atoms with Crippen molar-refractivity contribution in [3.05, 3.63) is 35.4 Å². The van der Waals surface area contributed by atoms with Gasteiger partial charge in [0.15, 0.2) is 0 Å². The first-order valence-corrected chi connectivity index (χ1v) is 8.97. The van der Waals surface area contributed by atoms with E-state index in [2.05, 4.69) is 38.1 Å². The second-order valence-corrected chi connectivity index (χ2v) is 8.03. The van der Waals surface area contributed by atoms with Crippen molar-refractivity contribution in [2.75, 3.05) is 13.1 Å². The standard InChI is InChI=1S/C20H29NO2/c1-14(2)16-5-4-6-17(11-16)15-7-9-21(10-8-15)19(22)18-12-20(3,23)13-18/h4-6,11,14-15,18,23H,7-10,12-13H2,1-3H3/t18-,20+. The van der Waals surface area contributed by atoms with Gasteiger partial charge >= 0.3 is 0 Å². The maximum absolute atomic E-state index is 12.5. The average Bonchev–Trinajstić information content (AvgIpc) is 2.52. The average molecular weight is 315 g/mol. The molecule has 0 unspecified atom stereocenters. The third-order valence-corrected chi connectivity index (χ3v) is 5.58. The van der Waals surface area contributed by atoms with Gasteiger partial charge in [-0.25, -0.2) is 0 Å². The summed E-state index contributed by atoms with van der Waals surface area (Å²) < 4.78 is 0. The fourth-order valence-electron chi connectivity index (χ4n) is 4.04. The summed E-state index contributed by atoms with van der Waals surface area (Å²) in [5.74, 6) is 1.43. The van der Waals surface area contributed by atoms with Gasteiger partial charge in [-0.05, 0) is 55.6 Å². The van der Waals surface area contributed by atoms with E-state index in [0.29, 0.717) is 24.7 Å². The molecule has 1 heterocycles. The number of benzene rings is 1. The molecule has 1 N–H and O–H groups in total. The first-order chi connectivity index (χ1) is 10.9. The maximum Gasteiger partial charge on any atom is 0.225 e. The summed E-state index contributed by atoms with van der Waals surface area (Å²) >= 11 is 0. The first kappa shape index (κ1) is 16.5. The zero-order valence-electron chi connectivity index (χ0n) is 14.6. The Bertz CT molecular complexity index is 563. The Morgan fingerprint density at radius 1 is 1.26 bits per heavy atom. The summed E-state index contributed by atoms with van der Waals surface area (Å²) in [5, 5.41) is 9.82. The molecule has 0 radical (unpaired) electrons. The molecule has 1 aliphatic carbocycles. The highest BCUT2D eigenvalue weighted by Gasteiger charge is 2.44. The van der Waals surface area contributed by atoms with Gasteiger partial charge in [-0.15, -0.1) is 0 Å². The lowest BCUT2D eigenvalue weighted by atomic mass is 9.71. The van der Waals surface area contributed by atoms with Gasteiger partial charge in [0, 0.05) is 19.0 Å². The van der Waals surface area contributed by atoms with E-state index >= 15 is 0 Å². The summed E-state index contributed by atoms with van der Waals surface area (Å²) in [6, 6.07) is 8.95. The Morgan fingerprint density at radius 3 is 2.48 bits per heavy atom. The molecule has 0 aromatic heterocycles. The lowest BCUT2D eigenvalue weighted by molar-refractivity contribution is -0.150. The molecule has 1 aliphatic heterocycles. The van der Waals surface area contributed by atoms with Gasteiger partial charge in [0.1, 0.15) is 0 Å². The topological polar surface area (TPSA) is 40.5 Å². The van der Waals surface area contributed by atoms with Gasteiger partial charge in [-0.1, -0.05) is 38.1 Å². The van der Waals surface area contributed by atoms with Crippen LogP contribution in [-0.4, -0.2) is 34.6 Å². The van der Waals surface area contributed by atoms with Crippen LogP contribution in [0.5, 0.6) is 0 Å². The van der Waals surface area contributed by atoms with Crippen LogP contribution in [-0.2, 0) is 4.79 Å². The lowest BCUT2D eigenvalue weighted by Crippen LogP contribution is -2.51. The summed E-state index contributed by atoms with van der Waals surface area (Å²) in [6.45, 7) is 7.99. The van der Waals surface area contributed by atoms with Crippen molar-refractivity contribution in [3.63, 3.8) is 0 Å². The number of carbonyl (C=O) groups is 1. The summed E-state index contributed by atoms with van der Waals surface area (Å²) in [5.41, 5.74) is 2.21. The molecule has 23 heavy (non-hydrogen) atoms. The van der Waals surface area contributed by atoms with Crippen LogP contribution in [0.1, 0.15) is 69.4 Å². The largest absolute Gasteiger partial charge is 0.390 e. The number of aliphatic hydroxyl groups is 1. The number of amides is 1. The number of likely N-dealkylation sites (tertiary alicyclic amines) is 1. The van der Waals surface area contributed by atoms with E-state index in [1.807, 2.05) is 11.8 Å². The van der Waals surface area contributed by atoms with Crippen LogP contribution in [0.3, 0.4) is 0 Å². The van der Waals surface area contributed by atoms with Crippen LogP contribution in [0.2, 0.25) is 0 Å². The van der Waals surface area contributed by atoms with Gasteiger partial charge in [0.2, 0.25) is 5.91 Å². The van der Waals surface area contributed by atoms with Crippen LogP contribution in [0.15, 0.2) is 24.3 Å². The molecule has 3 heteroatoms. The monoisotopic (exact) mass is 315 g/mol. The van der Waals surface area contributed by atoms with Crippen molar-refractivity contribution in [3.8, 4) is 0 Å². The van der Waals surface area contributed by atoms with E-state index in [1.165, 1.54) is 11.1 Å². The molecule has 0 spiro atoms. The Labute approximate surface area is 139 Å². The molecular weight excluding hydrogens is 286 g/mol. The zero-order chi connectivity index (χ0) is 16.6. The molecule has 2 aliphatic rings. The summed E-state index contributed by atoms with van der Waals surface area (Å²) in [6.07, 6.45) is 3.36. The fraction of sp³-hybridized carbons (Fsp3) is 0.650. The molecule has 3 rings (SSSR count). The van der Waals surface area contributed by atoms with Gasteiger partial charge in [0.05, 0.1) is 5.60 Å². The van der Waals surface area contributed by atoms with E-state index in [4.69, 9.17) is 0 Å². The van der Waals surface area contributed by atoms with Gasteiger partial charge in [-0.3, -0.25) is 4.79 Å². The van der Waals surface area contributed by atoms with E-state index in [1.54, 1.807) is 0 Å². The molecule has 0 bridgehead atoms. The predicted octanol–water partition coefficient (Wildman–Crippen LogP) is 3.68. The number of carbonyl (C=O) groups excluding carboxylic acids is 1. The molecule has 3 nitrogen and oxygen atoms in total. The highest BCUT2D eigenvalue weighted by Crippen LogP contribution is 2.39. The summed E-state index contributed by atoms with van der Waals surface area (Å²) in [4.78, 5) is 14.5. The highest BCUT2D eigenvalue weighted by molar-refractivity contribution is 5.80. The molecule has 0 atom stereocenters. The maximum atomic E-state index is 12.5. The molecule has 1 aromatic rings. The molecule has 1 amide bonds. The van der Waals surface area contributed by atoms with Crippen molar-refractivity contribution in [1.29, 1.82) is 0 Å². The number of rotatable bonds is 3. The first-order valence-electron chi connectivity index (χ1n) is 8.97. The highest BCUT2D eigenvalue weighted by atomic mass is 16.3. The lowest BCUT2D eigenvalue weighted by Gasteiger charge is -2.43. The van der Waals surface area contributed by atoms with Crippen molar-refractivity contribution < 1.29 is 9.90 Å². The molecule has 1 saturated carbocycles. The number of nitrogens with zero attached hydrogens (tertiary/aromatic N) is 1. The minimum atomic E-state index is -0.615. The van der Waals surface area contributed by atoms with Crippen molar-refractivity contribution in [2.45, 2.75) is 63.9 Å². The minimum absolute atomic E-state index is 0.0471. The van der Waals surface area contributed by atoms with E-state index in [-0.39, 0.29) is 11.8 Å². The van der Waals surface area contributed by atoms with Gasteiger partial charge in [-0.2, -0.15) is 0 Å². The van der Waals surface area contributed by atoms with Gasteiger partial charge < -0.3 is 10.0 Å². The molecule has 2 fully saturated rings. The van der Waals surface area contributed by atoms with E-state index < -0.39 is 5.60 Å². The number of piperidine rings is 1. The zero-order valence-corrected chi connectivity index (χ0v) is 14.6. The normalized spacial score (nSPS) is 28.7. The Morgan fingerprint density at radius 2 is 1.91 bits per heavy atom. The third-order valence-electron chi connectivity index (χ3n) is 5.58. The van der Waals surface area contributed by atoms with E-state index in [9.17, 15) is 9.90 Å². The minimum Gasteiger partial charge on any atom is -0.390 e. The van der Waals surface area contributed by atoms with E-state index in [0.717, 1.165) is 25.9 Å². The Balaban J connectivity index is 1.56. The predicted molar refractivity (Wildman–Crippen MR) is 92.4 cm³/mol. The molecular formula is C20H29NO2. The van der Waals surface area contributed by atoms with Crippen LogP contribution in [0, 0.1) is 5.92 Å². The fourth-order valence-corrected chi connectivity index (χ4v) is 4.04. The van der Waals surface area contributed by atoms with Crippen molar-refractivity contribution >= 4 is 5.91 Å². The third kappa shape index (κ3) is 3.60. The SMILES string of the molecule is CC(C)c1cccc(C2CCN(C(=O)[C@H]3C[C@@](C)(O)C3)CC2)c1. The van der Waals surface area contributed by atoms with Crippen LogP contribution in [0.25, 0.3) is 0 Å². The quantitative estimate of drug-likeness (QED) is 0.924. The Hall–Kier alpha value is -1.35. The van der Waals surface area contributed by atoms with Crippen molar-refractivity contribution in [2.24, 2.45) is 5.92 Å². The smallest absolute Gasteiger partial charge is 0.225 e. The van der Waals surface area contributed by atoms with Crippen LogP contribution < -0.4 is 0 Å². The van der Waals surface area contributed by atoms with Crippen molar-refractivity contribution in [1.82, 2.24) is 4.90 Å². The molecule has 1 aromatic carbocycles. The second-order valence-electron chi connectivity index (χ2n) is 8.03. The molecule has 1 saturated heterocycles. The van der Waals surface area contributed by atoms with Crippen LogP contribution in [0.4, 0.5) is 0 Å². The van der Waals surface area contributed by atoms with Crippen LogP contribution >= 0.6 is 0 Å². The second kappa shape index (κ2) is 6.27.